The van der Waals surface area contributed by atoms with Crippen molar-refractivity contribution in [3.05, 3.63) is 57.0 Å². The molecule has 0 radical (unpaired) electrons. The molecule has 4 nitrogen and oxygen atoms in total. The number of amides is 1. The number of ether oxygens (including phenoxy) is 1. The molecule has 2 rings (SSSR count). The second-order valence-corrected chi connectivity index (χ2v) is 7.01. The number of rotatable bonds is 7. The van der Waals surface area contributed by atoms with Crippen LogP contribution in [0.25, 0.3) is 0 Å². The molecular weight excluding hydrogens is 383 g/mol. The van der Waals surface area contributed by atoms with Gasteiger partial charge >= 0.3 is 0 Å². The van der Waals surface area contributed by atoms with E-state index < -0.39 is 0 Å². The predicted molar refractivity (Wildman–Crippen MR) is 103 cm³/mol. The van der Waals surface area contributed by atoms with E-state index in [4.69, 9.17) is 39.5 Å². The molecule has 25 heavy (non-hydrogen) atoms. The van der Waals surface area contributed by atoms with Crippen LogP contribution >= 0.6 is 34.8 Å². The van der Waals surface area contributed by atoms with Gasteiger partial charge in [0, 0.05) is 5.02 Å². The molecule has 0 spiro atoms. The van der Waals surface area contributed by atoms with Crippen LogP contribution in [0, 0.1) is 6.92 Å². The van der Waals surface area contributed by atoms with Gasteiger partial charge in [-0.3, -0.25) is 4.79 Å². The number of halogens is 3. The number of carbonyl (C=O) groups is 1. The molecule has 134 valence electrons. The highest BCUT2D eigenvalue weighted by molar-refractivity contribution is 6.40. The Morgan fingerprint density at radius 2 is 1.80 bits per heavy atom. The summed E-state index contributed by atoms with van der Waals surface area (Å²) in [4.78, 5) is 13.2. The molecule has 0 aliphatic rings. The third kappa shape index (κ3) is 6.08. The summed E-state index contributed by atoms with van der Waals surface area (Å²) in [6, 6.07) is 10.7. The van der Waals surface area contributed by atoms with Crippen LogP contribution in [0.5, 0.6) is 5.75 Å². The van der Waals surface area contributed by atoms with E-state index in [1.54, 1.807) is 18.2 Å². The van der Waals surface area contributed by atoms with E-state index in [9.17, 15) is 4.79 Å². The highest BCUT2D eigenvalue weighted by Crippen LogP contribution is 2.32. The zero-order valence-corrected chi connectivity index (χ0v) is 16.3. The first-order valence-corrected chi connectivity index (χ1v) is 8.94. The van der Waals surface area contributed by atoms with Gasteiger partial charge in [0.1, 0.15) is 18.9 Å². The maximum Gasteiger partial charge on any atom is 0.279 e. The van der Waals surface area contributed by atoms with Crippen LogP contribution in [-0.4, -0.2) is 32.7 Å². The Morgan fingerprint density at radius 1 is 1.12 bits per heavy atom. The number of carbonyl (C=O) groups excluding carboxylic acids is 1. The van der Waals surface area contributed by atoms with Gasteiger partial charge in [-0.2, -0.15) is 0 Å². The third-order valence-corrected chi connectivity index (χ3v) is 4.68. The normalized spacial score (nSPS) is 11.9. The Labute approximate surface area is 162 Å². The molecule has 1 amide bonds. The number of likely N-dealkylation sites (N-methyl/N-ethyl adjacent to an activating group) is 1. The van der Waals surface area contributed by atoms with Gasteiger partial charge in [-0.05, 0) is 42.8 Å². The average Bonchev–Trinajstić information content (AvgIpc) is 2.57. The number of nitrogens with one attached hydrogen (secondary N) is 2. The first-order valence-electron chi connectivity index (χ1n) is 7.81. The zero-order chi connectivity index (χ0) is 18.4. The summed E-state index contributed by atoms with van der Waals surface area (Å²) in [5, 5.41) is 4.34. The lowest BCUT2D eigenvalue weighted by Crippen LogP contribution is -3.10. The Bertz CT molecular complexity index is 736. The fourth-order valence-electron chi connectivity index (χ4n) is 2.19. The lowest BCUT2D eigenvalue weighted by molar-refractivity contribution is -0.871. The molecule has 2 N–H and O–H groups in total. The van der Waals surface area contributed by atoms with Gasteiger partial charge in [-0.25, -0.2) is 0 Å². The van der Waals surface area contributed by atoms with Crippen LogP contribution in [0.1, 0.15) is 5.56 Å². The van der Waals surface area contributed by atoms with Crippen molar-refractivity contribution in [1.29, 1.82) is 0 Å². The monoisotopic (exact) mass is 401 g/mol. The number of benzene rings is 2. The second-order valence-electron chi connectivity index (χ2n) is 5.79. The van der Waals surface area contributed by atoms with Crippen LogP contribution in [0.15, 0.2) is 36.4 Å². The van der Waals surface area contributed by atoms with Crippen molar-refractivity contribution in [3.63, 3.8) is 0 Å². The summed E-state index contributed by atoms with van der Waals surface area (Å²) < 4.78 is 5.63. The minimum atomic E-state index is -0.154. The van der Waals surface area contributed by atoms with E-state index in [2.05, 4.69) is 5.32 Å². The molecule has 0 aliphatic carbocycles. The van der Waals surface area contributed by atoms with Gasteiger partial charge in [0.05, 0.1) is 22.8 Å². The van der Waals surface area contributed by atoms with Crippen LogP contribution in [-0.2, 0) is 4.79 Å². The maximum atomic E-state index is 12.2. The summed E-state index contributed by atoms with van der Waals surface area (Å²) in [5.41, 5.74) is 1.32. The van der Waals surface area contributed by atoms with Crippen LogP contribution in [0.3, 0.4) is 0 Å². The van der Waals surface area contributed by atoms with Crippen molar-refractivity contribution in [2.45, 2.75) is 6.92 Å². The Morgan fingerprint density at radius 3 is 2.48 bits per heavy atom. The van der Waals surface area contributed by atoms with Crippen molar-refractivity contribution in [1.82, 2.24) is 0 Å². The molecule has 1 atom stereocenters. The molecule has 0 fully saturated rings. The van der Waals surface area contributed by atoms with E-state index in [-0.39, 0.29) is 12.5 Å². The van der Waals surface area contributed by atoms with Crippen molar-refractivity contribution >= 4 is 46.4 Å². The molecule has 0 saturated heterocycles. The van der Waals surface area contributed by atoms with E-state index >= 15 is 0 Å². The lowest BCUT2D eigenvalue weighted by Gasteiger charge is -2.16. The Kier molecular flexibility index (Phi) is 7.38. The highest BCUT2D eigenvalue weighted by atomic mass is 35.5. The maximum absolute atomic E-state index is 12.2. The number of hydrogen-bond acceptors (Lipinski definition) is 2. The fourth-order valence-corrected chi connectivity index (χ4v) is 2.78. The topological polar surface area (TPSA) is 42.8 Å². The minimum absolute atomic E-state index is 0.154. The molecule has 0 aliphatic heterocycles. The number of hydrogen-bond donors (Lipinski definition) is 2. The van der Waals surface area contributed by atoms with E-state index in [0.717, 1.165) is 16.2 Å². The van der Waals surface area contributed by atoms with E-state index in [0.29, 0.717) is 33.9 Å². The quantitative estimate of drug-likeness (QED) is 0.744. The van der Waals surface area contributed by atoms with E-state index in [1.807, 2.05) is 32.2 Å². The van der Waals surface area contributed by atoms with Gasteiger partial charge in [0.2, 0.25) is 0 Å². The first kappa shape index (κ1) is 19.9. The van der Waals surface area contributed by atoms with Crippen molar-refractivity contribution in [3.8, 4) is 5.75 Å². The molecule has 7 heteroatoms. The number of quaternary nitrogens is 1. The second kappa shape index (κ2) is 9.30. The Balaban J connectivity index is 1.80. The summed E-state index contributed by atoms with van der Waals surface area (Å²) >= 11 is 18.1. The van der Waals surface area contributed by atoms with E-state index in [1.165, 1.54) is 0 Å². The molecule has 1 unspecified atom stereocenters. The SMILES string of the molecule is Cc1ccc(Cl)c(NC(=O)C[NH+](C)CCOc2ccc(Cl)cc2)c1Cl. The van der Waals surface area contributed by atoms with Gasteiger partial charge < -0.3 is 15.0 Å². The first-order chi connectivity index (χ1) is 11.9. The smallest absolute Gasteiger partial charge is 0.279 e. The largest absolute Gasteiger partial charge is 0.488 e. The van der Waals surface area contributed by atoms with Crippen molar-refractivity contribution in [2.24, 2.45) is 0 Å². The molecule has 0 bridgehead atoms. The van der Waals surface area contributed by atoms with Gasteiger partial charge in [-0.15, -0.1) is 0 Å². The average molecular weight is 403 g/mol. The Hall–Kier alpha value is -1.46. The standard InChI is InChI=1S/C18H19Cl3N2O2/c1-12-3-8-15(20)18(17(12)21)22-16(24)11-23(2)9-10-25-14-6-4-13(19)5-7-14/h3-8H,9-11H2,1-2H3,(H,22,24)/p+1. The van der Waals surface area contributed by atoms with Gasteiger partial charge in [0.15, 0.2) is 6.54 Å². The fraction of sp³-hybridized carbons (Fsp3) is 0.278. The van der Waals surface area contributed by atoms with Crippen LogP contribution in [0.4, 0.5) is 5.69 Å². The summed E-state index contributed by atoms with van der Waals surface area (Å²) in [6.45, 7) is 3.31. The van der Waals surface area contributed by atoms with Crippen molar-refractivity contribution < 1.29 is 14.4 Å². The molecular formula is C18H20Cl3N2O2+. The van der Waals surface area contributed by atoms with Crippen LogP contribution in [0.2, 0.25) is 15.1 Å². The molecule has 0 heterocycles. The van der Waals surface area contributed by atoms with Gasteiger partial charge in [-0.1, -0.05) is 40.9 Å². The van der Waals surface area contributed by atoms with Crippen LogP contribution < -0.4 is 15.0 Å². The van der Waals surface area contributed by atoms with Gasteiger partial charge in [0.25, 0.3) is 5.91 Å². The van der Waals surface area contributed by atoms with Crippen molar-refractivity contribution in [2.75, 3.05) is 32.1 Å². The predicted octanol–water partition coefficient (Wildman–Crippen LogP) is 3.49. The highest BCUT2D eigenvalue weighted by Gasteiger charge is 2.15. The number of aryl methyl sites for hydroxylation is 1. The summed E-state index contributed by atoms with van der Waals surface area (Å²) in [5.74, 6) is 0.596. The lowest BCUT2D eigenvalue weighted by atomic mass is 10.2. The molecule has 0 saturated carbocycles. The molecule has 2 aromatic rings. The summed E-state index contributed by atoms with van der Waals surface area (Å²) in [6.07, 6.45) is 0. The number of anilines is 1. The zero-order valence-electron chi connectivity index (χ0n) is 14.0. The molecule has 2 aromatic carbocycles. The minimum Gasteiger partial charge on any atom is -0.488 e. The summed E-state index contributed by atoms with van der Waals surface area (Å²) in [7, 11) is 1.92. The third-order valence-electron chi connectivity index (χ3n) is 3.62. The molecule has 0 aromatic heterocycles.